The van der Waals surface area contributed by atoms with Crippen molar-refractivity contribution in [1.29, 1.82) is 0 Å². The van der Waals surface area contributed by atoms with Gasteiger partial charge in [-0.05, 0) is 44.2 Å². The molecule has 4 rings (SSSR count). The van der Waals surface area contributed by atoms with E-state index in [1.807, 2.05) is 61.1 Å². The van der Waals surface area contributed by atoms with Crippen LogP contribution in [-0.4, -0.2) is 21.4 Å². The van der Waals surface area contributed by atoms with Crippen LogP contribution in [0.4, 0.5) is 5.69 Å². The molecule has 0 saturated heterocycles. The van der Waals surface area contributed by atoms with Crippen LogP contribution < -0.4 is 5.01 Å². The highest BCUT2D eigenvalue weighted by atomic mass is 16.3. The van der Waals surface area contributed by atoms with Gasteiger partial charge in [0, 0.05) is 18.3 Å². The van der Waals surface area contributed by atoms with Gasteiger partial charge in [-0.1, -0.05) is 18.2 Å². The van der Waals surface area contributed by atoms with E-state index in [4.69, 9.17) is 4.42 Å². The predicted octanol–water partition coefficient (Wildman–Crippen LogP) is 3.64. The number of hydrazone groups is 1. The maximum atomic E-state index is 13.1. The molecule has 2 aromatic heterocycles. The predicted molar refractivity (Wildman–Crippen MR) is 99.8 cm³/mol. The average Bonchev–Trinajstić information content (AvgIpc) is 3.37. The van der Waals surface area contributed by atoms with Crippen LogP contribution in [0.1, 0.15) is 23.9 Å². The van der Waals surface area contributed by atoms with Crippen molar-refractivity contribution in [3.63, 3.8) is 0 Å². The minimum Gasteiger partial charge on any atom is -0.463 e. The number of rotatable bonds is 4. The Kier molecular flexibility index (Phi) is 4.01. The fourth-order valence-corrected chi connectivity index (χ4v) is 2.88. The average molecular weight is 346 g/mol. The largest absolute Gasteiger partial charge is 0.463 e. The van der Waals surface area contributed by atoms with Crippen molar-refractivity contribution < 1.29 is 9.21 Å². The summed E-state index contributed by atoms with van der Waals surface area (Å²) < 4.78 is 7.35. The normalized spacial score (nSPS) is 15.8. The third-order valence-corrected chi connectivity index (χ3v) is 4.24. The molecule has 0 spiro atoms. The smallest absolute Gasteiger partial charge is 0.281 e. The molecule has 0 saturated carbocycles. The van der Waals surface area contributed by atoms with Crippen molar-refractivity contribution in [2.45, 2.75) is 20.4 Å². The number of aromatic nitrogens is 2. The summed E-state index contributed by atoms with van der Waals surface area (Å²) in [5.41, 5.74) is 3.48. The zero-order valence-corrected chi connectivity index (χ0v) is 14.6. The van der Waals surface area contributed by atoms with Gasteiger partial charge in [0.2, 0.25) is 0 Å². The fraction of sp³-hybridized carbons (Fsp3) is 0.150. The van der Waals surface area contributed by atoms with Gasteiger partial charge in [0.05, 0.1) is 23.2 Å². The molecule has 1 aliphatic heterocycles. The van der Waals surface area contributed by atoms with Crippen LogP contribution in [0.25, 0.3) is 6.08 Å². The molecule has 0 unspecified atom stereocenters. The summed E-state index contributed by atoms with van der Waals surface area (Å²) in [6, 6.07) is 12.9. The lowest BCUT2D eigenvalue weighted by Gasteiger charge is -2.10. The third kappa shape index (κ3) is 2.75. The van der Waals surface area contributed by atoms with Gasteiger partial charge < -0.3 is 4.42 Å². The molecule has 3 heterocycles. The highest BCUT2D eigenvalue weighted by Gasteiger charge is 2.33. The van der Waals surface area contributed by atoms with Crippen LogP contribution in [0.3, 0.4) is 0 Å². The van der Waals surface area contributed by atoms with E-state index in [1.54, 1.807) is 18.4 Å². The molecule has 0 N–H and O–H groups in total. The quantitative estimate of drug-likeness (QED) is 0.678. The van der Waals surface area contributed by atoms with E-state index in [0.717, 1.165) is 17.8 Å². The van der Waals surface area contributed by atoms with Gasteiger partial charge >= 0.3 is 0 Å². The van der Waals surface area contributed by atoms with Crippen LogP contribution >= 0.6 is 0 Å². The lowest BCUT2D eigenvalue weighted by atomic mass is 10.1. The van der Waals surface area contributed by atoms with E-state index >= 15 is 0 Å². The second-order valence-electron chi connectivity index (χ2n) is 5.96. The molecule has 3 aromatic rings. The Morgan fingerprint density at radius 3 is 2.62 bits per heavy atom. The number of hydrogen-bond donors (Lipinski definition) is 0. The summed E-state index contributed by atoms with van der Waals surface area (Å²) in [6.45, 7) is 4.72. The summed E-state index contributed by atoms with van der Waals surface area (Å²) in [5.74, 6) is 0.370. The first-order valence-electron chi connectivity index (χ1n) is 8.45. The Bertz CT molecular complexity index is 998. The molecule has 26 heavy (non-hydrogen) atoms. The van der Waals surface area contributed by atoms with Gasteiger partial charge in [-0.2, -0.15) is 15.2 Å². The van der Waals surface area contributed by atoms with E-state index in [0.29, 0.717) is 22.7 Å². The van der Waals surface area contributed by atoms with Crippen LogP contribution in [0.2, 0.25) is 0 Å². The standard InChI is InChI=1S/C20H18N4O2/c1-3-23-13-15(14(2)21-23)12-17-19(18-10-7-11-26-18)22-24(20(17)25)16-8-5-4-6-9-16/h4-13H,3H2,1-2H3/b17-12+. The minimum absolute atomic E-state index is 0.189. The first kappa shape index (κ1) is 16.1. The summed E-state index contributed by atoms with van der Waals surface area (Å²) in [7, 11) is 0. The summed E-state index contributed by atoms with van der Waals surface area (Å²) >= 11 is 0. The van der Waals surface area contributed by atoms with Gasteiger partial charge in [-0.3, -0.25) is 9.48 Å². The van der Waals surface area contributed by atoms with Crippen molar-refractivity contribution in [3.05, 3.63) is 77.5 Å². The zero-order valence-electron chi connectivity index (χ0n) is 14.6. The van der Waals surface area contributed by atoms with Crippen molar-refractivity contribution in [1.82, 2.24) is 9.78 Å². The van der Waals surface area contributed by atoms with E-state index < -0.39 is 0 Å². The third-order valence-electron chi connectivity index (χ3n) is 4.24. The molecule has 130 valence electrons. The Balaban J connectivity index is 1.82. The topological polar surface area (TPSA) is 63.6 Å². The molecule has 0 aliphatic carbocycles. The molecular weight excluding hydrogens is 328 g/mol. The molecule has 0 bridgehead atoms. The maximum absolute atomic E-state index is 13.1. The van der Waals surface area contributed by atoms with E-state index in [-0.39, 0.29) is 5.91 Å². The highest BCUT2D eigenvalue weighted by molar-refractivity contribution is 6.36. The molecule has 1 aromatic carbocycles. The van der Waals surface area contributed by atoms with Crippen LogP contribution in [0, 0.1) is 6.92 Å². The van der Waals surface area contributed by atoms with Gasteiger partial charge in [-0.15, -0.1) is 0 Å². The monoisotopic (exact) mass is 346 g/mol. The van der Waals surface area contributed by atoms with Crippen molar-refractivity contribution in [2.24, 2.45) is 5.10 Å². The number of carbonyl (C=O) groups is 1. The first-order valence-corrected chi connectivity index (χ1v) is 8.45. The van der Waals surface area contributed by atoms with Gasteiger partial charge in [0.25, 0.3) is 5.91 Å². The Morgan fingerprint density at radius 2 is 1.96 bits per heavy atom. The molecule has 0 radical (unpaired) electrons. The van der Waals surface area contributed by atoms with Crippen LogP contribution in [-0.2, 0) is 11.3 Å². The highest BCUT2D eigenvalue weighted by Crippen LogP contribution is 2.28. The fourth-order valence-electron chi connectivity index (χ4n) is 2.88. The number of amides is 1. The zero-order chi connectivity index (χ0) is 18.1. The minimum atomic E-state index is -0.189. The van der Waals surface area contributed by atoms with Gasteiger partial charge in [0.1, 0.15) is 5.71 Å². The van der Waals surface area contributed by atoms with Crippen molar-refractivity contribution in [3.8, 4) is 0 Å². The molecular formula is C20H18N4O2. The first-order chi connectivity index (χ1) is 12.7. The van der Waals surface area contributed by atoms with E-state index in [9.17, 15) is 4.79 Å². The second kappa shape index (κ2) is 6.48. The lowest BCUT2D eigenvalue weighted by Crippen LogP contribution is -2.21. The number of benzene rings is 1. The summed E-state index contributed by atoms with van der Waals surface area (Å²) in [6.07, 6.45) is 5.34. The number of anilines is 1. The molecule has 6 nitrogen and oxygen atoms in total. The second-order valence-corrected chi connectivity index (χ2v) is 5.96. The number of hydrogen-bond acceptors (Lipinski definition) is 4. The molecule has 1 amide bonds. The number of nitrogens with zero attached hydrogens (tertiary/aromatic N) is 4. The van der Waals surface area contributed by atoms with E-state index in [2.05, 4.69) is 10.2 Å². The lowest BCUT2D eigenvalue weighted by molar-refractivity contribution is -0.114. The van der Waals surface area contributed by atoms with E-state index in [1.165, 1.54) is 5.01 Å². The molecule has 0 atom stereocenters. The maximum Gasteiger partial charge on any atom is 0.281 e. The number of para-hydroxylation sites is 1. The Hall–Kier alpha value is -3.41. The Morgan fingerprint density at radius 1 is 1.15 bits per heavy atom. The van der Waals surface area contributed by atoms with Crippen molar-refractivity contribution in [2.75, 3.05) is 5.01 Å². The SMILES string of the molecule is CCn1cc(/C=C2/C(=O)N(c3ccccc3)N=C2c2ccco2)c(C)n1. The molecule has 6 heteroatoms. The molecule has 0 fully saturated rings. The summed E-state index contributed by atoms with van der Waals surface area (Å²) in [5, 5.41) is 10.4. The Labute approximate surface area is 151 Å². The van der Waals surface area contributed by atoms with Crippen molar-refractivity contribution >= 4 is 23.4 Å². The van der Waals surface area contributed by atoms with Gasteiger partial charge in [-0.25, -0.2) is 0 Å². The van der Waals surface area contributed by atoms with Gasteiger partial charge in [0.15, 0.2) is 5.76 Å². The molecule has 1 aliphatic rings. The summed E-state index contributed by atoms with van der Waals surface area (Å²) in [4.78, 5) is 13.1. The number of furan rings is 1. The van der Waals surface area contributed by atoms with Crippen LogP contribution in [0.5, 0.6) is 0 Å². The number of carbonyl (C=O) groups excluding carboxylic acids is 1. The van der Waals surface area contributed by atoms with Crippen LogP contribution in [0.15, 0.2) is 70.0 Å². The number of aryl methyl sites for hydroxylation is 2.